The van der Waals surface area contributed by atoms with E-state index in [2.05, 4.69) is 15.4 Å². The molecule has 0 fully saturated rings. The molecule has 0 bridgehead atoms. The fraction of sp³-hybridized carbons (Fsp3) is 0.167. The highest BCUT2D eigenvalue weighted by molar-refractivity contribution is 6.30. The van der Waals surface area contributed by atoms with E-state index in [9.17, 15) is 14.4 Å². The Hall–Kier alpha value is -2.86. The molecule has 0 aliphatic heterocycles. The van der Waals surface area contributed by atoms with Crippen LogP contribution in [-0.4, -0.2) is 30.9 Å². The van der Waals surface area contributed by atoms with E-state index in [1.165, 1.54) is 7.11 Å². The normalized spacial score (nSPS) is 11.3. The Labute approximate surface area is 150 Å². The number of nitrogens with one attached hydrogen (secondary N) is 2. The van der Waals surface area contributed by atoms with E-state index in [0.717, 1.165) is 0 Å². The van der Waals surface area contributed by atoms with Crippen molar-refractivity contribution in [1.29, 1.82) is 0 Å². The summed E-state index contributed by atoms with van der Waals surface area (Å²) >= 11 is 5.78. The number of methoxy groups -OCH3 is 1. The number of amides is 2. The first-order valence-corrected chi connectivity index (χ1v) is 7.84. The molecular formula is C18H17ClN2O4. The lowest BCUT2D eigenvalue weighted by Gasteiger charge is -2.14. The van der Waals surface area contributed by atoms with Gasteiger partial charge in [0, 0.05) is 16.3 Å². The van der Waals surface area contributed by atoms with Crippen molar-refractivity contribution in [3.63, 3.8) is 0 Å². The molecule has 0 radical (unpaired) electrons. The van der Waals surface area contributed by atoms with Crippen LogP contribution in [0.4, 0.5) is 5.69 Å². The Morgan fingerprint density at radius 1 is 0.960 bits per heavy atom. The highest BCUT2D eigenvalue weighted by Gasteiger charge is 2.17. The van der Waals surface area contributed by atoms with Crippen LogP contribution in [0.5, 0.6) is 0 Å². The maximum atomic E-state index is 12.2. The second-order valence-corrected chi connectivity index (χ2v) is 5.70. The molecule has 0 aliphatic rings. The van der Waals surface area contributed by atoms with Gasteiger partial charge >= 0.3 is 5.97 Å². The van der Waals surface area contributed by atoms with Crippen LogP contribution in [0.25, 0.3) is 0 Å². The zero-order chi connectivity index (χ0) is 18.4. The fourth-order valence-corrected chi connectivity index (χ4v) is 2.13. The third kappa shape index (κ3) is 5.06. The van der Waals surface area contributed by atoms with Gasteiger partial charge in [0.2, 0.25) is 5.91 Å². The lowest BCUT2D eigenvalue weighted by atomic mass is 10.2. The van der Waals surface area contributed by atoms with Crippen LogP contribution < -0.4 is 10.6 Å². The molecule has 0 aliphatic carbocycles. The van der Waals surface area contributed by atoms with Crippen LogP contribution >= 0.6 is 11.6 Å². The molecule has 2 rings (SSSR count). The zero-order valence-electron chi connectivity index (χ0n) is 13.7. The van der Waals surface area contributed by atoms with Gasteiger partial charge in [-0.05, 0) is 55.5 Å². The average Bonchev–Trinajstić information content (AvgIpc) is 2.62. The van der Waals surface area contributed by atoms with Gasteiger partial charge in [-0.15, -0.1) is 0 Å². The van der Waals surface area contributed by atoms with Crippen molar-refractivity contribution in [1.82, 2.24) is 5.32 Å². The topological polar surface area (TPSA) is 84.5 Å². The summed E-state index contributed by atoms with van der Waals surface area (Å²) in [5.74, 6) is -1.21. The van der Waals surface area contributed by atoms with Crippen molar-refractivity contribution in [3.8, 4) is 0 Å². The average molecular weight is 361 g/mol. The van der Waals surface area contributed by atoms with Gasteiger partial charge < -0.3 is 15.4 Å². The molecule has 1 atom stereocenters. The quantitative estimate of drug-likeness (QED) is 0.803. The molecule has 2 aromatic rings. The SMILES string of the molecule is COC(=O)c1ccc(NC(=O)C(C)NC(=O)c2ccc(Cl)cc2)cc1. The molecule has 1 unspecified atom stereocenters. The largest absolute Gasteiger partial charge is 0.465 e. The number of benzene rings is 2. The molecule has 0 saturated heterocycles. The minimum Gasteiger partial charge on any atom is -0.465 e. The third-order valence-electron chi connectivity index (χ3n) is 3.42. The van der Waals surface area contributed by atoms with Gasteiger partial charge in [-0.2, -0.15) is 0 Å². The molecule has 6 nitrogen and oxygen atoms in total. The van der Waals surface area contributed by atoms with E-state index in [0.29, 0.717) is 21.8 Å². The molecular weight excluding hydrogens is 344 g/mol. The van der Waals surface area contributed by atoms with Gasteiger partial charge in [-0.25, -0.2) is 4.79 Å². The van der Waals surface area contributed by atoms with Crippen molar-refractivity contribution < 1.29 is 19.1 Å². The Kier molecular flexibility index (Phi) is 6.14. The first-order chi connectivity index (χ1) is 11.9. The van der Waals surface area contributed by atoms with Gasteiger partial charge in [0.15, 0.2) is 0 Å². The minimum atomic E-state index is -0.747. The highest BCUT2D eigenvalue weighted by atomic mass is 35.5. The second kappa shape index (κ2) is 8.30. The molecule has 7 heteroatoms. The van der Waals surface area contributed by atoms with Gasteiger partial charge in [0.05, 0.1) is 12.7 Å². The summed E-state index contributed by atoms with van der Waals surface area (Å²) in [4.78, 5) is 35.6. The molecule has 25 heavy (non-hydrogen) atoms. The number of halogens is 1. The molecule has 2 aromatic carbocycles. The number of esters is 1. The van der Waals surface area contributed by atoms with Crippen LogP contribution in [0.15, 0.2) is 48.5 Å². The summed E-state index contributed by atoms with van der Waals surface area (Å²) in [6.07, 6.45) is 0. The van der Waals surface area contributed by atoms with Gasteiger partial charge in [0.1, 0.15) is 6.04 Å². The first-order valence-electron chi connectivity index (χ1n) is 7.46. The summed E-state index contributed by atoms with van der Waals surface area (Å²) in [7, 11) is 1.29. The van der Waals surface area contributed by atoms with E-state index in [4.69, 9.17) is 11.6 Å². The van der Waals surface area contributed by atoms with Crippen molar-refractivity contribution in [3.05, 3.63) is 64.7 Å². The lowest BCUT2D eigenvalue weighted by Crippen LogP contribution is -2.41. The Bertz CT molecular complexity index is 773. The summed E-state index contributed by atoms with van der Waals surface area (Å²) < 4.78 is 4.61. The predicted molar refractivity (Wildman–Crippen MR) is 94.8 cm³/mol. The highest BCUT2D eigenvalue weighted by Crippen LogP contribution is 2.12. The molecule has 2 N–H and O–H groups in total. The number of hydrogen-bond donors (Lipinski definition) is 2. The van der Waals surface area contributed by atoms with Crippen LogP contribution in [0.3, 0.4) is 0 Å². The van der Waals surface area contributed by atoms with Crippen molar-refractivity contribution >= 4 is 35.1 Å². The van der Waals surface area contributed by atoms with E-state index < -0.39 is 12.0 Å². The van der Waals surface area contributed by atoms with Crippen molar-refractivity contribution in [2.75, 3.05) is 12.4 Å². The van der Waals surface area contributed by atoms with Crippen LogP contribution in [-0.2, 0) is 9.53 Å². The standard InChI is InChI=1S/C18H17ClN2O4/c1-11(20-17(23)12-3-7-14(19)8-4-12)16(22)21-15-9-5-13(6-10-15)18(24)25-2/h3-11H,1-2H3,(H,20,23)(H,21,22). The first kappa shape index (κ1) is 18.5. The summed E-state index contributed by atoms with van der Waals surface area (Å²) in [5.41, 5.74) is 1.29. The third-order valence-corrected chi connectivity index (χ3v) is 3.67. The van der Waals surface area contributed by atoms with Crippen LogP contribution in [0.2, 0.25) is 5.02 Å². The molecule has 0 heterocycles. The summed E-state index contributed by atoms with van der Waals surface area (Å²) in [6, 6.07) is 11.9. The molecule has 2 amide bonds. The second-order valence-electron chi connectivity index (χ2n) is 5.26. The molecule has 130 valence electrons. The van der Waals surface area contributed by atoms with Gasteiger partial charge in [0.25, 0.3) is 5.91 Å². The number of ether oxygens (including phenoxy) is 1. The van der Waals surface area contributed by atoms with Crippen LogP contribution in [0, 0.1) is 0 Å². The molecule has 0 spiro atoms. The van der Waals surface area contributed by atoms with Crippen molar-refractivity contribution in [2.24, 2.45) is 0 Å². The summed E-state index contributed by atoms with van der Waals surface area (Å²) in [6.45, 7) is 1.58. The molecule has 0 aromatic heterocycles. The number of carbonyl (C=O) groups is 3. The summed E-state index contributed by atoms with van der Waals surface area (Å²) in [5, 5.41) is 5.80. The monoisotopic (exact) mass is 360 g/mol. The minimum absolute atomic E-state index is 0.375. The van der Waals surface area contributed by atoms with E-state index in [1.807, 2.05) is 0 Å². The Balaban J connectivity index is 1.94. The number of hydrogen-bond acceptors (Lipinski definition) is 4. The maximum absolute atomic E-state index is 12.2. The van der Waals surface area contributed by atoms with Crippen LogP contribution in [0.1, 0.15) is 27.6 Å². The van der Waals surface area contributed by atoms with Crippen molar-refractivity contribution in [2.45, 2.75) is 13.0 Å². The van der Waals surface area contributed by atoms with E-state index in [-0.39, 0.29) is 11.8 Å². The number of rotatable bonds is 5. The van der Waals surface area contributed by atoms with Gasteiger partial charge in [-0.3, -0.25) is 9.59 Å². The van der Waals surface area contributed by atoms with Gasteiger partial charge in [-0.1, -0.05) is 11.6 Å². The number of carbonyl (C=O) groups excluding carboxylic acids is 3. The smallest absolute Gasteiger partial charge is 0.337 e. The predicted octanol–water partition coefficient (Wildman–Crippen LogP) is 2.88. The van der Waals surface area contributed by atoms with E-state index in [1.54, 1.807) is 55.5 Å². The molecule has 0 saturated carbocycles. The Morgan fingerprint density at radius 3 is 2.08 bits per heavy atom. The van der Waals surface area contributed by atoms with E-state index >= 15 is 0 Å². The number of anilines is 1. The lowest BCUT2D eigenvalue weighted by molar-refractivity contribution is -0.117. The maximum Gasteiger partial charge on any atom is 0.337 e. The zero-order valence-corrected chi connectivity index (χ0v) is 14.5. The fourth-order valence-electron chi connectivity index (χ4n) is 2.00. The Morgan fingerprint density at radius 2 is 1.52 bits per heavy atom.